The lowest BCUT2D eigenvalue weighted by Crippen LogP contribution is -2.26. The first-order valence-electron chi connectivity index (χ1n) is 9.18. The van der Waals surface area contributed by atoms with Crippen molar-refractivity contribution in [2.75, 3.05) is 12.4 Å². The molecule has 2 N–H and O–H groups in total. The molecule has 0 aliphatic heterocycles. The van der Waals surface area contributed by atoms with Gasteiger partial charge in [-0.3, -0.25) is 9.59 Å². The van der Waals surface area contributed by atoms with E-state index < -0.39 is 23.6 Å². The molecule has 0 saturated heterocycles. The monoisotopic (exact) mass is 410 g/mol. The second-order valence-electron chi connectivity index (χ2n) is 6.63. The van der Waals surface area contributed by atoms with Gasteiger partial charge in [-0.25, -0.2) is 8.78 Å². The van der Waals surface area contributed by atoms with Crippen molar-refractivity contribution in [1.29, 1.82) is 0 Å². The number of hydrogen-bond donors (Lipinski definition) is 2. The smallest absolute Gasteiger partial charge is 0.255 e. The third kappa shape index (κ3) is 5.00. The topological polar surface area (TPSA) is 67.4 Å². The minimum absolute atomic E-state index is 0.127. The Morgan fingerprint density at radius 3 is 2.30 bits per heavy atom. The van der Waals surface area contributed by atoms with E-state index in [2.05, 4.69) is 10.6 Å². The predicted octanol–water partition coefficient (Wildman–Crippen LogP) is 4.72. The number of methoxy groups -OCH3 is 1. The fourth-order valence-electron chi connectivity index (χ4n) is 2.86. The number of amides is 2. The van der Waals surface area contributed by atoms with Crippen molar-refractivity contribution < 1.29 is 23.1 Å². The zero-order valence-electron chi connectivity index (χ0n) is 16.4. The molecule has 2 amide bonds. The first-order valence-corrected chi connectivity index (χ1v) is 9.18. The lowest BCUT2D eigenvalue weighted by atomic mass is 10.1. The summed E-state index contributed by atoms with van der Waals surface area (Å²) in [6.07, 6.45) is 0. The van der Waals surface area contributed by atoms with Crippen LogP contribution in [0.25, 0.3) is 0 Å². The second-order valence-corrected chi connectivity index (χ2v) is 6.63. The average Bonchev–Trinajstić information content (AvgIpc) is 2.74. The summed E-state index contributed by atoms with van der Waals surface area (Å²) in [6.45, 7) is 1.74. The van der Waals surface area contributed by atoms with Gasteiger partial charge in [0.15, 0.2) is 11.6 Å². The standard InChI is InChI=1S/C23H20F2N2O3/c1-14(16-8-11-21(30-2)20(25)13-16)26-23(29)17-4-3-5-19(12-17)27-22(28)15-6-9-18(24)10-7-15/h3-14H,1-2H3,(H,26,29)(H,27,28)/t14-/m0/s1. The maximum atomic E-state index is 13.9. The minimum Gasteiger partial charge on any atom is -0.494 e. The number of hydrogen-bond acceptors (Lipinski definition) is 3. The van der Waals surface area contributed by atoms with E-state index in [1.807, 2.05) is 0 Å². The zero-order valence-corrected chi connectivity index (χ0v) is 16.4. The van der Waals surface area contributed by atoms with Crippen molar-refractivity contribution >= 4 is 17.5 Å². The van der Waals surface area contributed by atoms with E-state index in [-0.39, 0.29) is 11.7 Å². The minimum atomic E-state index is -0.512. The largest absolute Gasteiger partial charge is 0.494 e. The van der Waals surface area contributed by atoms with Crippen LogP contribution in [0.5, 0.6) is 5.75 Å². The maximum Gasteiger partial charge on any atom is 0.255 e. The summed E-state index contributed by atoms with van der Waals surface area (Å²) in [5.74, 6) is -1.62. The van der Waals surface area contributed by atoms with Crippen LogP contribution < -0.4 is 15.4 Å². The van der Waals surface area contributed by atoms with Gasteiger partial charge in [0.2, 0.25) is 0 Å². The first kappa shape index (κ1) is 21.0. The molecule has 0 fully saturated rings. The van der Waals surface area contributed by atoms with Gasteiger partial charge in [-0.2, -0.15) is 0 Å². The molecule has 0 spiro atoms. The summed E-state index contributed by atoms with van der Waals surface area (Å²) >= 11 is 0. The Hall–Kier alpha value is -3.74. The van der Waals surface area contributed by atoms with Gasteiger partial charge in [-0.05, 0) is 67.1 Å². The molecule has 0 unspecified atom stereocenters. The van der Waals surface area contributed by atoms with E-state index in [4.69, 9.17) is 4.74 Å². The number of rotatable bonds is 6. The van der Waals surface area contributed by atoms with Gasteiger partial charge >= 0.3 is 0 Å². The Kier molecular flexibility index (Phi) is 6.41. The van der Waals surface area contributed by atoms with Crippen molar-refractivity contribution in [3.8, 4) is 5.75 Å². The fourth-order valence-corrected chi connectivity index (χ4v) is 2.86. The van der Waals surface area contributed by atoms with Crippen LogP contribution in [-0.4, -0.2) is 18.9 Å². The molecule has 0 aliphatic rings. The van der Waals surface area contributed by atoms with Crippen molar-refractivity contribution in [3.05, 3.63) is 95.1 Å². The molecule has 0 radical (unpaired) electrons. The second kappa shape index (κ2) is 9.17. The summed E-state index contributed by atoms with van der Waals surface area (Å²) in [5.41, 5.74) is 1.62. The Balaban J connectivity index is 1.68. The molecule has 3 aromatic carbocycles. The van der Waals surface area contributed by atoms with Crippen LogP contribution in [0.3, 0.4) is 0 Å². The maximum absolute atomic E-state index is 13.9. The quantitative estimate of drug-likeness (QED) is 0.618. The van der Waals surface area contributed by atoms with E-state index in [0.29, 0.717) is 22.4 Å². The van der Waals surface area contributed by atoms with Gasteiger partial charge in [0.25, 0.3) is 11.8 Å². The van der Waals surface area contributed by atoms with E-state index in [1.165, 1.54) is 49.6 Å². The third-order valence-corrected chi connectivity index (χ3v) is 4.51. The number of halogens is 2. The molecule has 0 bridgehead atoms. The van der Waals surface area contributed by atoms with Crippen molar-refractivity contribution in [2.45, 2.75) is 13.0 Å². The highest BCUT2D eigenvalue weighted by atomic mass is 19.1. The Labute approximate surface area is 172 Å². The van der Waals surface area contributed by atoms with Gasteiger partial charge in [-0.15, -0.1) is 0 Å². The normalized spacial score (nSPS) is 11.5. The summed E-state index contributed by atoms with van der Waals surface area (Å²) in [5, 5.41) is 5.47. The van der Waals surface area contributed by atoms with Gasteiger partial charge in [0.05, 0.1) is 13.2 Å². The number of carbonyl (C=O) groups excluding carboxylic acids is 2. The molecule has 7 heteroatoms. The van der Waals surface area contributed by atoms with Crippen LogP contribution in [0.4, 0.5) is 14.5 Å². The van der Waals surface area contributed by atoms with Crippen LogP contribution in [0.2, 0.25) is 0 Å². The molecule has 0 aliphatic carbocycles. The molecular formula is C23H20F2N2O3. The Morgan fingerprint density at radius 1 is 0.900 bits per heavy atom. The van der Waals surface area contributed by atoms with Crippen LogP contribution in [0.15, 0.2) is 66.7 Å². The lowest BCUT2D eigenvalue weighted by Gasteiger charge is -2.16. The number of benzene rings is 3. The first-order chi connectivity index (χ1) is 14.4. The van der Waals surface area contributed by atoms with Gasteiger partial charge in [-0.1, -0.05) is 12.1 Å². The zero-order chi connectivity index (χ0) is 21.7. The molecule has 3 rings (SSSR count). The molecule has 0 saturated carbocycles. The molecular weight excluding hydrogens is 390 g/mol. The van der Waals surface area contributed by atoms with E-state index in [0.717, 1.165) is 0 Å². The van der Waals surface area contributed by atoms with Gasteiger partial charge < -0.3 is 15.4 Å². The van der Waals surface area contributed by atoms with E-state index >= 15 is 0 Å². The Bertz CT molecular complexity index is 1070. The average molecular weight is 410 g/mol. The third-order valence-electron chi connectivity index (χ3n) is 4.51. The summed E-state index contributed by atoms with van der Waals surface area (Å²) in [7, 11) is 1.38. The molecule has 0 aromatic heterocycles. The molecule has 3 aromatic rings. The van der Waals surface area contributed by atoms with Gasteiger partial charge in [0.1, 0.15) is 5.82 Å². The number of nitrogens with one attached hydrogen (secondary N) is 2. The van der Waals surface area contributed by atoms with Crippen LogP contribution in [-0.2, 0) is 0 Å². The summed E-state index contributed by atoms with van der Waals surface area (Å²) in [4.78, 5) is 24.9. The van der Waals surface area contributed by atoms with Crippen LogP contribution in [0, 0.1) is 11.6 Å². The highest BCUT2D eigenvalue weighted by molar-refractivity contribution is 6.05. The molecule has 154 valence electrons. The van der Waals surface area contributed by atoms with E-state index in [1.54, 1.807) is 31.2 Å². The van der Waals surface area contributed by atoms with Gasteiger partial charge in [0, 0.05) is 16.8 Å². The number of carbonyl (C=O) groups is 2. The lowest BCUT2D eigenvalue weighted by molar-refractivity contribution is 0.0938. The molecule has 1 atom stereocenters. The van der Waals surface area contributed by atoms with Crippen molar-refractivity contribution in [2.24, 2.45) is 0 Å². The van der Waals surface area contributed by atoms with Crippen molar-refractivity contribution in [3.63, 3.8) is 0 Å². The SMILES string of the molecule is COc1ccc([C@H](C)NC(=O)c2cccc(NC(=O)c3ccc(F)cc3)c2)cc1F. The molecule has 0 heterocycles. The Morgan fingerprint density at radius 2 is 1.63 bits per heavy atom. The van der Waals surface area contributed by atoms with Crippen LogP contribution in [0.1, 0.15) is 39.2 Å². The number of anilines is 1. The fraction of sp³-hybridized carbons (Fsp3) is 0.130. The highest BCUT2D eigenvalue weighted by Crippen LogP contribution is 2.22. The summed E-state index contributed by atoms with van der Waals surface area (Å²) in [6, 6.07) is 15.6. The number of ether oxygens (including phenoxy) is 1. The predicted molar refractivity (Wildman–Crippen MR) is 110 cm³/mol. The highest BCUT2D eigenvalue weighted by Gasteiger charge is 2.15. The molecule has 30 heavy (non-hydrogen) atoms. The van der Waals surface area contributed by atoms with E-state index in [9.17, 15) is 18.4 Å². The van der Waals surface area contributed by atoms with Crippen molar-refractivity contribution in [1.82, 2.24) is 5.32 Å². The molecule has 5 nitrogen and oxygen atoms in total. The summed E-state index contributed by atoms with van der Waals surface area (Å²) < 4.78 is 31.8. The van der Waals surface area contributed by atoms with Crippen LogP contribution >= 0.6 is 0 Å².